The first-order chi connectivity index (χ1) is 24.0. The molecular formula is Cu5O48S12-14. The second-order valence-electron chi connectivity index (χ2n) is 4.90. The van der Waals surface area contributed by atoms with Crippen molar-refractivity contribution >= 4 is 125 Å². The average Bonchev–Trinajstić information content (AvgIpc) is 2.48. The molecule has 0 saturated heterocycles. The Morgan fingerprint density at radius 3 is 0.108 bits per heavy atom. The summed E-state index contributed by atoms with van der Waals surface area (Å²) < 4.78 is 409. The SMILES string of the molecule is O=S(=O)([O-])[O-].O=S(=O)([O-])[O-].O=S(=O)([O-])[O-].O=S(=O)([O-])[O-].O=S(=O)([O-])[O-].O=S(=O)([O-])[O-].O=S(=O)([O-])[O-].O=S(=O)([O-])[O-].O=S(=O)([O-])[O-].O=S(=O)([O-])[O-].O=S(=O)([O-])[O-].O=S(=O)([O-])[O-].[Cu+2].[Cu+2].[Cu+2].[Cu+2].[Cu+2]. The maximum Gasteiger partial charge on any atom is 2.00 e. The number of hydrogen-bond acceptors (Lipinski definition) is 48. The summed E-state index contributed by atoms with van der Waals surface area (Å²) in [5.74, 6) is 0. The van der Waals surface area contributed by atoms with E-state index in [1.165, 1.54) is 0 Å². The van der Waals surface area contributed by atoms with Gasteiger partial charge in [0.05, 0.1) is 0 Å². The van der Waals surface area contributed by atoms with Gasteiger partial charge in [0.15, 0.2) is 0 Å². The zero-order valence-corrected chi connectivity index (χ0v) is 40.5. The van der Waals surface area contributed by atoms with E-state index in [2.05, 4.69) is 0 Å². The topological polar surface area (TPSA) is 963 Å². The maximum atomic E-state index is 8.52. The van der Waals surface area contributed by atoms with Crippen molar-refractivity contribution in [3.8, 4) is 0 Å². The first-order valence-corrected chi connectivity index (χ1v) is 24.0. The Balaban J connectivity index is -0.0000000256. The summed E-state index contributed by atoms with van der Waals surface area (Å²) >= 11 is 0. The quantitative estimate of drug-likeness (QED) is 0.123. The largest absolute Gasteiger partial charge is 2.00 e. The summed E-state index contributed by atoms with van der Waals surface area (Å²) in [6.45, 7) is 0. The molecule has 65 heavy (non-hydrogen) atoms. The smallest absolute Gasteiger partial charge is 0.759 e. The summed E-state index contributed by atoms with van der Waals surface area (Å²) in [5.41, 5.74) is 0. The minimum Gasteiger partial charge on any atom is -0.759 e. The van der Waals surface area contributed by atoms with E-state index in [0.29, 0.717) is 0 Å². The molecule has 0 amide bonds. The molecule has 0 N–H and O–H groups in total. The summed E-state index contributed by atoms with van der Waals surface area (Å²) in [5, 5.41) is 0. The number of hydrogen-bond donors (Lipinski definition) is 0. The Hall–Kier alpha value is 1.04. The van der Waals surface area contributed by atoms with Crippen LogP contribution in [0.5, 0.6) is 0 Å². The van der Waals surface area contributed by atoms with Gasteiger partial charge >= 0.3 is 85.3 Å². The third-order valence-corrected chi connectivity index (χ3v) is 0. The first kappa shape index (κ1) is 116. The van der Waals surface area contributed by atoms with Gasteiger partial charge < -0.3 is 109 Å². The minimum absolute atomic E-state index is 0. The van der Waals surface area contributed by atoms with Crippen molar-refractivity contribution in [3.05, 3.63) is 0 Å². The Morgan fingerprint density at radius 2 is 0.108 bits per heavy atom. The van der Waals surface area contributed by atoms with Crippen LogP contribution in [-0.2, 0) is 210 Å². The predicted octanol–water partition coefficient (Wildman–Crippen LogP) is -16.1. The molecule has 0 aromatic rings. The fraction of sp³-hybridized carbons (Fsp3) is 0. The zero-order valence-electron chi connectivity index (χ0n) is 26.0. The van der Waals surface area contributed by atoms with Crippen molar-refractivity contribution in [1.82, 2.24) is 0 Å². The van der Waals surface area contributed by atoms with Gasteiger partial charge in [0.2, 0.25) is 0 Å². The van der Waals surface area contributed by atoms with E-state index in [-0.39, 0.29) is 85.3 Å². The molecule has 0 bridgehead atoms. The van der Waals surface area contributed by atoms with Crippen LogP contribution in [0, 0.1) is 0 Å². The van der Waals surface area contributed by atoms with Gasteiger partial charge in [-0.2, -0.15) is 0 Å². The van der Waals surface area contributed by atoms with Gasteiger partial charge in [-0.05, 0) is 0 Å². The van der Waals surface area contributed by atoms with E-state index >= 15 is 0 Å². The molecule has 0 aliphatic heterocycles. The van der Waals surface area contributed by atoms with E-state index in [1.807, 2.05) is 0 Å². The summed E-state index contributed by atoms with van der Waals surface area (Å²) in [7, 11) is -62.0. The molecule has 0 fully saturated rings. The third kappa shape index (κ3) is 240000. The Bertz CT molecular complexity index is 1710. The van der Waals surface area contributed by atoms with Crippen LogP contribution >= 0.6 is 0 Å². The molecule has 0 heterocycles. The van der Waals surface area contributed by atoms with E-state index in [0.717, 1.165) is 0 Å². The molecule has 0 aliphatic rings. The maximum absolute atomic E-state index is 8.52. The first-order valence-electron chi connectivity index (χ1n) is 8.00. The fourth-order valence-corrected chi connectivity index (χ4v) is 0. The normalized spacial score (nSPS) is 10.7. The molecular weight excluding hydrogens is 1470 g/mol. The van der Waals surface area contributed by atoms with Crippen molar-refractivity contribution in [2.45, 2.75) is 0 Å². The van der Waals surface area contributed by atoms with Gasteiger partial charge in [-0.15, -0.1) is 0 Å². The summed E-state index contributed by atoms with van der Waals surface area (Å²) in [6, 6.07) is 0. The second kappa shape index (κ2) is 50.0. The van der Waals surface area contributed by atoms with Gasteiger partial charge in [0, 0.05) is 125 Å². The van der Waals surface area contributed by atoms with Gasteiger partial charge in [0.25, 0.3) is 0 Å². The van der Waals surface area contributed by atoms with E-state index in [4.69, 9.17) is 210 Å². The van der Waals surface area contributed by atoms with Crippen LogP contribution in [0.1, 0.15) is 0 Å². The van der Waals surface area contributed by atoms with Crippen LogP contribution in [0.3, 0.4) is 0 Å². The van der Waals surface area contributed by atoms with Crippen LogP contribution < -0.4 is 0 Å². The Kier molecular flexibility index (Phi) is 89.3. The van der Waals surface area contributed by atoms with Gasteiger partial charge in [-0.1, -0.05) is 0 Å². The molecule has 0 atom stereocenters. The van der Waals surface area contributed by atoms with E-state index < -0.39 is 125 Å². The fourth-order valence-electron chi connectivity index (χ4n) is 0. The van der Waals surface area contributed by atoms with Crippen molar-refractivity contribution in [2.24, 2.45) is 0 Å². The standard InChI is InChI=1S/5Cu.12H2O4S/c;;;;;12*1-5(2,3)4/h;;;;;12*(H2,1,2,3,4)/q5*+2;;;;;;;;;;;;/p-24. The second-order valence-corrected chi connectivity index (χ2v) is 14.7. The van der Waals surface area contributed by atoms with Crippen LogP contribution in [0.4, 0.5) is 0 Å². The van der Waals surface area contributed by atoms with Crippen molar-refractivity contribution in [3.63, 3.8) is 0 Å². The molecule has 0 spiro atoms. The van der Waals surface area contributed by atoms with Crippen LogP contribution in [0.15, 0.2) is 0 Å². The molecule has 5 radical (unpaired) electrons. The molecule has 0 unspecified atom stereocenters. The molecule has 0 aromatic heterocycles. The van der Waals surface area contributed by atoms with E-state index in [9.17, 15) is 0 Å². The van der Waals surface area contributed by atoms with Crippen LogP contribution in [-0.4, -0.2) is 210 Å². The van der Waals surface area contributed by atoms with E-state index in [1.54, 1.807) is 0 Å². The Morgan fingerprint density at radius 1 is 0.108 bits per heavy atom. The molecule has 429 valence electrons. The molecule has 65 heteroatoms. The molecule has 0 aromatic carbocycles. The Labute approximate surface area is 416 Å². The third-order valence-electron chi connectivity index (χ3n) is 0. The predicted molar refractivity (Wildman–Crippen MR) is 126 cm³/mol. The average molecular weight is 1470 g/mol. The van der Waals surface area contributed by atoms with Crippen molar-refractivity contribution in [2.75, 3.05) is 0 Å². The van der Waals surface area contributed by atoms with Gasteiger partial charge in [-0.25, -0.2) is 0 Å². The van der Waals surface area contributed by atoms with Crippen molar-refractivity contribution < 1.29 is 296 Å². The number of rotatable bonds is 0. The van der Waals surface area contributed by atoms with Crippen LogP contribution in [0.2, 0.25) is 0 Å². The minimum atomic E-state index is -5.17. The molecule has 48 nitrogen and oxygen atoms in total. The molecule has 0 aliphatic carbocycles. The van der Waals surface area contributed by atoms with Gasteiger partial charge in [-0.3, -0.25) is 101 Å². The molecule has 0 saturated carbocycles. The summed E-state index contributed by atoms with van der Waals surface area (Å²) in [6.07, 6.45) is 0. The zero-order chi connectivity index (χ0) is 54.0. The van der Waals surface area contributed by atoms with Crippen LogP contribution in [0.25, 0.3) is 0 Å². The summed E-state index contributed by atoms with van der Waals surface area (Å²) in [4.78, 5) is 0. The molecule has 0 rings (SSSR count). The van der Waals surface area contributed by atoms with Gasteiger partial charge in [0.1, 0.15) is 0 Å². The van der Waals surface area contributed by atoms with Crippen molar-refractivity contribution in [1.29, 1.82) is 0 Å². The monoisotopic (exact) mass is 1470 g/mol.